The van der Waals surface area contributed by atoms with Crippen molar-refractivity contribution in [1.29, 1.82) is 0 Å². The maximum Gasteiger partial charge on any atom is 0.240 e. The van der Waals surface area contributed by atoms with Crippen molar-refractivity contribution in [3.63, 3.8) is 0 Å². The first-order valence-electron chi connectivity index (χ1n) is 9.69. The number of piperazine rings is 1. The summed E-state index contributed by atoms with van der Waals surface area (Å²) in [5.74, 6) is -0.0264. The van der Waals surface area contributed by atoms with Crippen molar-refractivity contribution >= 4 is 21.8 Å². The van der Waals surface area contributed by atoms with Gasteiger partial charge in [-0.3, -0.25) is 14.5 Å². The number of aryl methyl sites for hydroxylation is 1. The second-order valence-corrected chi connectivity index (χ2v) is 9.23. The molecule has 8 nitrogen and oxygen atoms in total. The Labute approximate surface area is 166 Å². The zero-order valence-electron chi connectivity index (χ0n) is 16.2. The van der Waals surface area contributed by atoms with E-state index in [4.69, 9.17) is 0 Å². The number of hydrogen-bond donors (Lipinski definition) is 2. The molecule has 154 valence electrons. The summed E-state index contributed by atoms with van der Waals surface area (Å²) in [5, 5.41) is 2.97. The highest BCUT2D eigenvalue weighted by atomic mass is 32.2. The average Bonchev–Trinajstić information content (AvgIpc) is 3.46. The Morgan fingerprint density at radius 1 is 1.07 bits per heavy atom. The van der Waals surface area contributed by atoms with Crippen molar-refractivity contribution in [2.45, 2.75) is 37.1 Å². The molecule has 2 aliphatic rings. The van der Waals surface area contributed by atoms with Gasteiger partial charge in [0.15, 0.2) is 0 Å². The number of carbonyl (C=O) groups excluding carboxylic acids is 2. The minimum atomic E-state index is -3.60. The van der Waals surface area contributed by atoms with Crippen LogP contribution in [0.4, 0.5) is 0 Å². The van der Waals surface area contributed by atoms with Gasteiger partial charge in [-0.2, -0.15) is 0 Å². The third kappa shape index (κ3) is 6.02. The van der Waals surface area contributed by atoms with Crippen molar-refractivity contribution in [1.82, 2.24) is 19.8 Å². The zero-order chi connectivity index (χ0) is 20.1. The molecule has 0 bridgehead atoms. The standard InChI is InChI=1S/C19H28N4O4S/c1-15-2-6-17(7-3-15)28(26,27)20-9-8-19(25)23-12-10-22(11-13-23)14-18(24)21-16-4-5-16/h2-3,6-7,16,20H,4-5,8-14H2,1H3,(H,21,24). The third-order valence-corrected chi connectivity index (χ3v) is 6.47. The predicted octanol–water partition coefficient (Wildman–Crippen LogP) is 0.0862. The monoisotopic (exact) mass is 408 g/mol. The Morgan fingerprint density at radius 3 is 2.32 bits per heavy atom. The van der Waals surface area contributed by atoms with E-state index in [1.807, 2.05) is 11.8 Å². The first-order chi connectivity index (χ1) is 13.3. The van der Waals surface area contributed by atoms with E-state index in [2.05, 4.69) is 10.0 Å². The fraction of sp³-hybridized carbons (Fsp3) is 0.579. The van der Waals surface area contributed by atoms with Crippen LogP contribution in [0.1, 0.15) is 24.8 Å². The van der Waals surface area contributed by atoms with Crippen LogP contribution >= 0.6 is 0 Å². The van der Waals surface area contributed by atoms with Crippen LogP contribution in [0, 0.1) is 6.92 Å². The van der Waals surface area contributed by atoms with Crippen LogP contribution in [0.2, 0.25) is 0 Å². The summed E-state index contributed by atoms with van der Waals surface area (Å²) in [5.41, 5.74) is 0.985. The van der Waals surface area contributed by atoms with Gasteiger partial charge < -0.3 is 10.2 Å². The Hall–Kier alpha value is -1.97. The van der Waals surface area contributed by atoms with Gasteiger partial charge in [-0.25, -0.2) is 13.1 Å². The second-order valence-electron chi connectivity index (χ2n) is 7.46. The molecule has 0 spiro atoms. The molecule has 0 radical (unpaired) electrons. The quantitative estimate of drug-likeness (QED) is 0.635. The first kappa shape index (κ1) is 20.8. The van der Waals surface area contributed by atoms with E-state index in [9.17, 15) is 18.0 Å². The van der Waals surface area contributed by atoms with Gasteiger partial charge in [0, 0.05) is 45.2 Å². The summed E-state index contributed by atoms with van der Waals surface area (Å²) in [7, 11) is -3.60. The Bertz CT molecular complexity index is 798. The van der Waals surface area contributed by atoms with Gasteiger partial charge in [-0.05, 0) is 31.9 Å². The normalized spacial score (nSPS) is 18.1. The lowest BCUT2D eigenvalue weighted by molar-refractivity contribution is -0.133. The Morgan fingerprint density at radius 2 is 1.71 bits per heavy atom. The van der Waals surface area contributed by atoms with E-state index in [0.29, 0.717) is 38.8 Å². The van der Waals surface area contributed by atoms with Gasteiger partial charge in [-0.1, -0.05) is 17.7 Å². The number of nitrogens with zero attached hydrogens (tertiary/aromatic N) is 2. The average molecular weight is 409 g/mol. The highest BCUT2D eigenvalue weighted by Gasteiger charge is 2.26. The molecule has 2 amide bonds. The summed E-state index contributed by atoms with van der Waals surface area (Å²) in [6, 6.07) is 6.95. The number of hydrogen-bond acceptors (Lipinski definition) is 5. The third-order valence-electron chi connectivity index (χ3n) is 5.00. The number of carbonyl (C=O) groups is 2. The molecule has 3 rings (SSSR count). The van der Waals surface area contributed by atoms with Crippen LogP contribution < -0.4 is 10.0 Å². The van der Waals surface area contributed by atoms with Crippen LogP contribution in [0.5, 0.6) is 0 Å². The highest BCUT2D eigenvalue weighted by molar-refractivity contribution is 7.89. The van der Waals surface area contributed by atoms with Gasteiger partial charge in [0.05, 0.1) is 11.4 Å². The molecule has 1 aliphatic heterocycles. The van der Waals surface area contributed by atoms with Gasteiger partial charge in [0.25, 0.3) is 0 Å². The number of rotatable bonds is 8. The number of amides is 2. The Balaban J connectivity index is 1.37. The number of nitrogens with one attached hydrogen (secondary N) is 2. The molecule has 2 N–H and O–H groups in total. The largest absolute Gasteiger partial charge is 0.352 e. The minimum Gasteiger partial charge on any atom is -0.352 e. The molecule has 2 fully saturated rings. The summed E-state index contributed by atoms with van der Waals surface area (Å²) in [6.07, 6.45) is 2.26. The van der Waals surface area contributed by atoms with Crippen molar-refractivity contribution in [2.24, 2.45) is 0 Å². The fourth-order valence-corrected chi connectivity index (χ4v) is 4.14. The summed E-state index contributed by atoms with van der Waals surface area (Å²) >= 11 is 0. The van der Waals surface area contributed by atoms with Crippen LogP contribution in [0.25, 0.3) is 0 Å². The van der Waals surface area contributed by atoms with Gasteiger partial charge in [-0.15, -0.1) is 0 Å². The predicted molar refractivity (Wildman–Crippen MR) is 105 cm³/mol. The van der Waals surface area contributed by atoms with E-state index >= 15 is 0 Å². The molecule has 0 atom stereocenters. The molecule has 1 saturated heterocycles. The van der Waals surface area contributed by atoms with Gasteiger partial charge >= 0.3 is 0 Å². The van der Waals surface area contributed by atoms with E-state index in [0.717, 1.165) is 18.4 Å². The smallest absolute Gasteiger partial charge is 0.240 e. The molecular formula is C19H28N4O4S. The number of benzene rings is 1. The first-order valence-corrected chi connectivity index (χ1v) is 11.2. The number of sulfonamides is 1. The molecule has 1 saturated carbocycles. The van der Waals surface area contributed by atoms with Gasteiger partial charge in [0.2, 0.25) is 21.8 Å². The topological polar surface area (TPSA) is 98.8 Å². The lowest BCUT2D eigenvalue weighted by Gasteiger charge is -2.34. The SMILES string of the molecule is Cc1ccc(S(=O)(=O)NCCC(=O)N2CCN(CC(=O)NC3CC3)CC2)cc1. The van der Waals surface area contributed by atoms with Crippen molar-refractivity contribution in [2.75, 3.05) is 39.3 Å². The van der Waals surface area contributed by atoms with E-state index in [1.54, 1.807) is 29.2 Å². The summed E-state index contributed by atoms with van der Waals surface area (Å²) in [6.45, 7) is 4.74. The molecule has 1 aromatic carbocycles. The van der Waals surface area contributed by atoms with E-state index in [1.165, 1.54) is 0 Å². The highest BCUT2D eigenvalue weighted by Crippen LogP contribution is 2.18. The minimum absolute atomic E-state index is 0.0489. The van der Waals surface area contributed by atoms with Crippen molar-refractivity contribution < 1.29 is 18.0 Å². The fourth-order valence-electron chi connectivity index (χ4n) is 3.11. The summed E-state index contributed by atoms with van der Waals surface area (Å²) in [4.78, 5) is 28.2. The lowest BCUT2D eigenvalue weighted by atomic mass is 10.2. The van der Waals surface area contributed by atoms with E-state index < -0.39 is 10.0 Å². The Kier molecular flexibility index (Phi) is 6.69. The van der Waals surface area contributed by atoms with Crippen LogP contribution in [0.15, 0.2) is 29.2 Å². The summed E-state index contributed by atoms with van der Waals surface area (Å²) < 4.78 is 27.0. The molecule has 0 aromatic heterocycles. The van der Waals surface area contributed by atoms with Crippen LogP contribution in [-0.2, 0) is 19.6 Å². The second kappa shape index (κ2) is 9.02. The molecule has 1 aliphatic carbocycles. The molecule has 9 heteroatoms. The maximum atomic E-state index is 12.3. The van der Waals surface area contributed by atoms with Crippen molar-refractivity contribution in [3.05, 3.63) is 29.8 Å². The molecule has 28 heavy (non-hydrogen) atoms. The van der Waals surface area contributed by atoms with E-state index in [-0.39, 0.29) is 29.7 Å². The molecule has 1 heterocycles. The molecule has 1 aromatic rings. The van der Waals surface area contributed by atoms with Gasteiger partial charge in [0.1, 0.15) is 0 Å². The lowest BCUT2D eigenvalue weighted by Crippen LogP contribution is -2.51. The molecular weight excluding hydrogens is 380 g/mol. The maximum absolute atomic E-state index is 12.3. The van der Waals surface area contributed by atoms with Crippen molar-refractivity contribution in [3.8, 4) is 0 Å². The van der Waals surface area contributed by atoms with Crippen LogP contribution in [0.3, 0.4) is 0 Å². The zero-order valence-corrected chi connectivity index (χ0v) is 17.0. The van der Waals surface area contributed by atoms with Crippen LogP contribution in [-0.4, -0.2) is 75.3 Å². The molecule has 0 unspecified atom stereocenters.